The quantitative estimate of drug-likeness (QED) is 0.637. The van der Waals surface area contributed by atoms with Crippen molar-refractivity contribution >= 4 is 0 Å². The van der Waals surface area contributed by atoms with E-state index in [1.807, 2.05) is 12.3 Å². The Hall–Kier alpha value is -2.36. The first-order chi connectivity index (χ1) is 12.4. The van der Waals surface area contributed by atoms with Crippen molar-refractivity contribution in [1.82, 2.24) is 5.32 Å². The van der Waals surface area contributed by atoms with Crippen molar-refractivity contribution in [2.75, 3.05) is 19.6 Å². The molecule has 1 unspecified atom stereocenters. The van der Waals surface area contributed by atoms with Crippen molar-refractivity contribution in [2.24, 2.45) is 0 Å². The second-order valence-electron chi connectivity index (χ2n) is 6.90. The number of benzene rings is 2. The molecule has 0 fully saturated rings. The molecule has 1 N–H and O–H groups in total. The summed E-state index contributed by atoms with van der Waals surface area (Å²) in [7, 11) is 0. The zero-order valence-electron chi connectivity index (χ0n) is 14.5. The molecule has 2 aliphatic rings. The fourth-order valence-electron chi connectivity index (χ4n) is 3.78. The summed E-state index contributed by atoms with van der Waals surface area (Å²) in [6, 6.07) is 19.0. The standard InChI is InChI=1S/C22H25N2O/c1-2-8-19(9-3-1)16-23-13-7-15-24-14-6-11-21(24)18-25-22-12-5-4-10-20(22)17-24/h1-6,8-12,18,23H,7,13-17H2/q+1. The topological polar surface area (TPSA) is 21.3 Å². The second-order valence-corrected chi connectivity index (χ2v) is 6.90. The molecule has 0 amide bonds. The van der Waals surface area contributed by atoms with Gasteiger partial charge in [-0.1, -0.05) is 42.5 Å². The lowest BCUT2D eigenvalue weighted by atomic mass is 10.1. The van der Waals surface area contributed by atoms with Gasteiger partial charge in [-0.15, -0.1) is 0 Å². The molecule has 0 aromatic heterocycles. The Kier molecular flexibility index (Phi) is 4.68. The number of rotatable bonds is 6. The van der Waals surface area contributed by atoms with E-state index >= 15 is 0 Å². The van der Waals surface area contributed by atoms with Gasteiger partial charge in [0, 0.05) is 31.1 Å². The van der Waals surface area contributed by atoms with E-state index in [1.54, 1.807) is 0 Å². The average molecular weight is 333 g/mol. The molecule has 2 aromatic rings. The zero-order valence-corrected chi connectivity index (χ0v) is 14.5. The Morgan fingerprint density at radius 3 is 2.76 bits per heavy atom. The Labute approximate surface area is 149 Å². The highest BCUT2D eigenvalue weighted by atomic mass is 16.5. The van der Waals surface area contributed by atoms with E-state index < -0.39 is 0 Å². The lowest BCUT2D eigenvalue weighted by Gasteiger charge is -2.34. The van der Waals surface area contributed by atoms with Crippen molar-refractivity contribution in [2.45, 2.75) is 19.5 Å². The van der Waals surface area contributed by atoms with Crippen LogP contribution in [0.5, 0.6) is 5.75 Å². The molecule has 3 heteroatoms. The monoisotopic (exact) mass is 333 g/mol. The highest BCUT2D eigenvalue weighted by Crippen LogP contribution is 2.35. The van der Waals surface area contributed by atoms with Crippen molar-refractivity contribution in [3.8, 4) is 5.75 Å². The summed E-state index contributed by atoms with van der Waals surface area (Å²) in [6.07, 6.45) is 7.60. The second kappa shape index (κ2) is 7.26. The summed E-state index contributed by atoms with van der Waals surface area (Å²) >= 11 is 0. The number of para-hydroxylation sites is 1. The molecule has 0 radical (unpaired) electrons. The van der Waals surface area contributed by atoms with Crippen LogP contribution in [0.1, 0.15) is 17.5 Å². The summed E-state index contributed by atoms with van der Waals surface area (Å²) in [5, 5.41) is 3.57. The highest BCUT2D eigenvalue weighted by molar-refractivity contribution is 5.35. The third-order valence-electron chi connectivity index (χ3n) is 5.16. The zero-order chi connectivity index (χ0) is 17.0. The van der Waals surface area contributed by atoms with Crippen molar-refractivity contribution in [3.63, 3.8) is 0 Å². The first kappa shape index (κ1) is 16.1. The van der Waals surface area contributed by atoms with Crippen molar-refractivity contribution < 1.29 is 9.22 Å². The van der Waals surface area contributed by atoms with E-state index in [0.717, 1.165) is 49.4 Å². The van der Waals surface area contributed by atoms with Crippen LogP contribution in [0.4, 0.5) is 0 Å². The third-order valence-corrected chi connectivity index (χ3v) is 5.16. The first-order valence-electron chi connectivity index (χ1n) is 9.08. The van der Waals surface area contributed by atoms with Crippen LogP contribution < -0.4 is 10.1 Å². The number of hydrogen-bond donors (Lipinski definition) is 1. The molecule has 0 saturated heterocycles. The van der Waals surface area contributed by atoms with Gasteiger partial charge in [0.15, 0.2) is 12.0 Å². The van der Waals surface area contributed by atoms with E-state index in [2.05, 4.69) is 66.0 Å². The Morgan fingerprint density at radius 2 is 1.84 bits per heavy atom. The fraction of sp³-hybridized carbons (Fsp3) is 0.273. The van der Waals surface area contributed by atoms with Crippen LogP contribution in [0.2, 0.25) is 0 Å². The Morgan fingerprint density at radius 1 is 1.00 bits per heavy atom. The van der Waals surface area contributed by atoms with Crippen LogP contribution in [0.15, 0.2) is 78.7 Å². The molecule has 2 aliphatic heterocycles. The Balaban J connectivity index is 1.37. The van der Waals surface area contributed by atoms with Crippen LogP contribution in [0, 0.1) is 0 Å². The molecule has 128 valence electrons. The molecule has 2 heterocycles. The molecular formula is C22H25N2O+. The summed E-state index contributed by atoms with van der Waals surface area (Å²) in [5.41, 5.74) is 3.93. The lowest BCUT2D eigenvalue weighted by molar-refractivity contribution is -0.893. The Bertz CT molecular complexity index is 782. The number of fused-ring (bicyclic) bond motifs is 2. The summed E-state index contributed by atoms with van der Waals surface area (Å²) in [4.78, 5) is 0. The summed E-state index contributed by atoms with van der Waals surface area (Å²) in [6.45, 7) is 5.16. The summed E-state index contributed by atoms with van der Waals surface area (Å²) in [5.74, 6) is 0.998. The maximum atomic E-state index is 5.93. The maximum absolute atomic E-state index is 5.93. The molecule has 0 saturated carbocycles. The number of ether oxygens (including phenoxy) is 1. The molecule has 2 aromatic carbocycles. The van der Waals surface area contributed by atoms with Crippen LogP contribution in [0.3, 0.4) is 0 Å². The molecule has 0 bridgehead atoms. The number of nitrogens with zero attached hydrogens (tertiary/aromatic N) is 1. The molecule has 4 rings (SSSR count). The van der Waals surface area contributed by atoms with Crippen molar-refractivity contribution in [1.29, 1.82) is 0 Å². The van der Waals surface area contributed by atoms with E-state index in [4.69, 9.17) is 4.74 Å². The fourth-order valence-corrected chi connectivity index (χ4v) is 3.78. The molecular weight excluding hydrogens is 308 g/mol. The van der Waals surface area contributed by atoms with Gasteiger partial charge in [-0.25, -0.2) is 0 Å². The minimum absolute atomic E-state index is 0.938. The molecule has 1 atom stereocenters. The maximum Gasteiger partial charge on any atom is 0.168 e. The normalized spacial score (nSPS) is 21.0. The van der Waals surface area contributed by atoms with Crippen LogP contribution >= 0.6 is 0 Å². The minimum atomic E-state index is 0.938. The molecule has 0 aliphatic carbocycles. The average Bonchev–Trinajstić information content (AvgIpc) is 2.97. The molecule has 3 nitrogen and oxygen atoms in total. The molecule has 25 heavy (non-hydrogen) atoms. The van der Waals surface area contributed by atoms with Crippen LogP contribution in [-0.2, 0) is 13.1 Å². The number of nitrogens with one attached hydrogen (secondary N) is 1. The van der Waals surface area contributed by atoms with Crippen molar-refractivity contribution in [3.05, 3.63) is 89.8 Å². The van der Waals surface area contributed by atoms with Gasteiger partial charge in [0.25, 0.3) is 0 Å². The van der Waals surface area contributed by atoms with E-state index in [-0.39, 0.29) is 0 Å². The van der Waals surface area contributed by atoms with Gasteiger partial charge in [0.1, 0.15) is 18.8 Å². The van der Waals surface area contributed by atoms with Crippen LogP contribution in [0.25, 0.3) is 0 Å². The minimum Gasteiger partial charge on any atom is -0.458 e. The lowest BCUT2D eigenvalue weighted by Crippen LogP contribution is -2.44. The number of quaternary nitrogens is 1. The third kappa shape index (κ3) is 3.53. The van der Waals surface area contributed by atoms with E-state index in [9.17, 15) is 0 Å². The number of hydrogen-bond acceptors (Lipinski definition) is 2. The van der Waals surface area contributed by atoms with E-state index in [1.165, 1.54) is 16.8 Å². The van der Waals surface area contributed by atoms with Gasteiger partial charge in [-0.3, -0.25) is 4.48 Å². The van der Waals surface area contributed by atoms with Gasteiger partial charge in [0.05, 0.1) is 6.54 Å². The van der Waals surface area contributed by atoms with E-state index in [0.29, 0.717) is 0 Å². The predicted octanol–water partition coefficient (Wildman–Crippen LogP) is 3.99. The first-order valence-corrected chi connectivity index (χ1v) is 9.08. The SMILES string of the molecule is C1=CC2=COc3ccccc3C[N+]2(CCCNCc2ccccc2)C1. The molecule has 0 spiro atoms. The highest BCUT2D eigenvalue weighted by Gasteiger charge is 2.37. The van der Waals surface area contributed by atoms with Crippen LogP contribution in [-0.4, -0.2) is 24.1 Å². The largest absolute Gasteiger partial charge is 0.458 e. The smallest absolute Gasteiger partial charge is 0.168 e. The predicted molar refractivity (Wildman–Crippen MR) is 101 cm³/mol. The summed E-state index contributed by atoms with van der Waals surface area (Å²) < 4.78 is 6.90. The van der Waals surface area contributed by atoms with Gasteiger partial charge in [0.2, 0.25) is 0 Å². The number of allylic oxidation sites excluding steroid dienone is 1. The van der Waals surface area contributed by atoms with Gasteiger partial charge in [-0.05, 0) is 23.8 Å². The van der Waals surface area contributed by atoms with Gasteiger partial charge in [-0.2, -0.15) is 0 Å². The van der Waals surface area contributed by atoms with Gasteiger partial charge < -0.3 is 10.1 Å². The van der Waals surface area contributed by atoms with Gasteiger partial charge >= 0.3 is 0 Å².